The Bertz CT molecular complexity index is 404. The van der Waals surface area contributed by atoms with Crippen LogP contribution < -0.4 is 5.32 Å². The molecule has 1 saturated carbocycles. The molecule has 0 radical (unpaired) electrons. The number of methoxy groups -OCH3 is 1. The van der Waals surface area contributed by atoms with Gasteiger partial charge in [0.2, 0.25) is 0 Å². The molecule has 0 aromatic heterocycles. The number of hydrogen-bond acceptors (Lipinski definition) is 3. The van der Waals surface area contributed by atoms with Crippen molar-refractivity contribution >= 4 is 5.97 Å². The molecule has 3 unspecified atom stereocenters. The summed E-state index contributed by atoms with van der Waals surface area (Å²) in [5, 5.41) is 3.44. The van der Waals surface area contributed by atoms with E-state index < -0.39 is 0 Å². The van der Waals surface area contributed by atoms with Crippen LogP contribution in [0.4, 0.5) is 0 Å². The number of ether oxygens (including phenoxy) is 1. The normalized spacial score (nSPS) is 24.7. The molecule has 0 bridgehead atoms. The zero-order chi connectivity index (χ0) is 13.7. The predicted octanol–water partition coefficient (Wildman–Crippen LogP) is 2.86. The lowest BCUT2D eigenvalue weighted by Gasteiger charge is -2.34. The van der Waals surface area contributed by atoms with Gasteiger partial charge in [-0.1, -0.05) is 43.2 Å². The van der Waals surface area contributed by atoms with E-state index in [9.17, 15) is 4.79 Å². The molecule has 2 rings (SSSR count). The first-order valence-corrected chi connectivity index (χ1v) is 7.11. The number of carbonyl (C=O) groups is 1. The Hall–Kier alpha value is -1.35. The number of nitrogens with one attached hydrogen (secondary N) is 1. The summed E-state index contributed by atoms with van der Waals surface area (Å²) in [5.41, 5.74) is 1.37. The number of esters is 1. The van der Waals surface area contributed by atoms with Gasteiger partial charge >= 0.3 is 5.97 Å². The smallest absolute Gasteiger partial charge is 0.322 e. The van der Waals surface area contributed by atoms with Gasteiger partial charge in [-0.15, -0.1) is 0 Å². The van der Waals surface area contributed by atoms with E-state index in [1.54, 1.807) is 0 Å². The summed E-state index contributed by atoms with van der Waals surface area (Å²) in [4.78, 5) is 11.5. The largest absolute Gasteiger partial charge is 0.468 e. The van der Waals surface area contributed by atoms with Crippen molar-refractivity contribution in [2.45, 2.75) is 50.6 Å². The molecule has 0 aliphatic heterocycles. The van der Waals surface area contributed by atoms with Crippen molar-refractivity contribution in [2.24, 2.45) is 0 Å². The minimum Gasteiger partial charge on any atom is -0.468 e. The zero-order valence-electron chi connectivity index (χ0n) is 11.8. The fourth-order valence-corrected chi connectivity index (χ4v) is 3.00. The van der Waals surface area contributed by atoms with Gasteiger partial charge in [0.05, 0.1) is 7.11 Å². The Balaban J connectivity index is 2.06. The van der Waals surface area contributed by atoms with Crippen molar-refractivity contribution in [3.05, 3.63) is 35.9 Å². The molecule has 3 nitrogen and oxygen atoms in total. The third-order valence-electron chi connectivity index (χ3n) is 4.01. The number of hydrogen-bond donors (Lipinski definition) is 1. The van der Waals surface area contributed by atoms with E-state index in [1.165, 1.54) is 31.9 Å². The molecule has 0 heterocycles. The maximum Gasteiger partial charge on any atom is 0.322 e. The molecule has 19 heavy (non-hydrogen) atoms. The Morgan fingerprint density at radius 2 is 1.95 bits per heavy atom. The highest BCUT2D eigenvalue weighted by molar-refractivity contribution is 5.75. The minimum atomic E-state index is -0.237. The van der Waals surface area contributed by atoms with Gasteiger partial charge in [0.15, 0.2) is 0 Å². The maximum atomic E-state index is 11.5. The van der Waals surface area contributed by atoms with E-state index in [2.05, 4.69) is 29.6 Å². The number of benzene rings is 1. The fourth-order valence-electron chi connectivity index (χ4n) is 3.00. The highest BCUT2D eigenvalue weighted by Crippen LogP contribution is 2.33. The minimum absolute atomic E-state index is 0.183. The van der Waals surface area contributed by atoms with Crippen LogP contribution >= 0.6 is 0 Å². The summed E-state index contributed by atoms with van der Waals surface area (Å²) >= 11 is 0. The van der Waals surface area contributed by atoms with Gasteiger partial charge in [0.1, 0.15) is 6.04 Å². The molecule has 104 valence electrons. The summed E-state index contributed by atoms with van der Waals surface area (Å²) in [6.45, 7) is 1.88. The quantitative estimate of drug-likeness (QED) is 0.847. The molecule has 3 atom stereocenters. The first-order valence-electron chi connectivity index (χ1n) is 7.11. The lowest BCUT2D eigenvalue weighted by molar-refractivity contribution is -0.142. The number of carbonyl (C=O) groups excluding carboxylic acids is 1. The van der Waals surface area contributed by atoms with Crippen LogP contribution in [0.3, 0.4) is 0 Å². The average Bonchev–Trinajstić information content (AvgIpc) is 2.47. The number of rotatable bonds is 4. The van der Waals surface area contributed by atoms with Crippen molar-refractivity contribution in [3.8, 4) is 0 Å². The van der Waals surface area contributed by atoms with E-state index >= 15 is 0 Å². The lowest BCUT2D eigenvalue weighted by atomic mass is 9.79. The second-order valence-corrected chi connectivity index (χ2v) is 5.32. The first-order chi connectivity index (χ1) is 9.22. The standard InChI is InChI=1S/C16H23NO2/c1-12(16(18)19-2)17-15-11-7-6-10-14(15)13-8-4-3-5-9-13/h3-5,8-9,12,14-15,17H,6-7,10-11H2,1-2H3. The summed E-state index contributed by atoms with van der Waals surface area (Å²) in [6.07, 6.45) is 4.82. The monoisotopic (exact) mass is 261 g/mol. The van der Waals surface area contributed by atoms with Crippen molar-refractivity contribution in [1.82, 2.24) is 5.32 Å². The Morgan fingerprint density at radius 3 is 2.63 bits per heavy atom. The van der Waals surface area contributed by atoms with Gasteiger partial charge < -0.3 is 10.1 Å². The van der Waals surface area contributed by atoms with Crippen LogP contribution in [0.2, 0.25) is 0 Å². The zero-order valence-corrected chi connectivity index (χ0v) is 11.8. The van der Waals surface area contributed by atoms with E-state index in [0.717, 1.165) is 6.42 Å². The molecule has 1 aromatic carbocycles. The summed E-state index contributed by atoms with van der Waals surface area (Å²) < 4.78 is 4.79. The van der Waals surface area contributed by atoms with Crippen LogP contribution in [0.25, 0.3) is 0 Å². The summed E-state index contributed by atoms with van der Waals surface area (Å²) in [5.74, 6) is 0.319. The molecule has 0 spiro atoms. The first kappa shape index (κ1) is 14.1. The van der Waals surface area contributed by atoms with Crippen LogP contribution in [-0.2, 0) is 9.53 Å². The Kier molecular flexibility index (Phi) is 4.97. The van der Waals surface area contributed by atoms with Crippen LogP contribution in [0.15, 0.2) is 30.3 Å². The van der Waals surface area contributed by atoms with Crippen LogP contribution in [-0.4, -0.2) is 25.2 Å². The molecule has 3 heteroatoms. The van der Waals surface area contributed by atoms with Crippen LogP contribution in [0.5, 0.6) is 0 Å². The highest BCUT2D eigenvalue weighted by Gasteiger charge is 2.28. The molecule has 1 fully saturated rings. The summed E-state index contributed by atoms with van der Waals surface area (Å²) in [7, 11) is 1.44. The van der Waals surface area contributed by atoms with Crippen molar-refractivity contribution in [3.63, 3.8) is 0 Å². The Morgan fingerprint density at radius 1 is 1.26 bits per heavy atom. The molecular weight excluding hydrogens is 238 g/mol. The predicted molar refractivity (Wildman–Crippen MR) is 76.1 cm³/mol. The topological polar surface area (TPSA) is 38.3 Å². The second-order valence-electron chi connectivity index (χ2n) is 5.32. The third-order valence-corrected chi connectivity index (χ3v) is 4.01. The molecule has 0 saturated heterocycles. The van der Waals surface area contributed by atoms with Crippen LogP contribution in [0, 0.1) is 0 Å². The van der Waals surface area contributed by atoms with E-state index in [-0.39, 0.29) is 12.0 Å². The van der Waals surface area contributed by atoms with Gasteiger partial charge in [0, 0.05) is 6.04 Å². The Labute approximate surface area is 115 Å². The van der Waals surface area contributed by atoms with Crippen molar-refractivity contribution in [2.75, 3.05) is 7.11 Å². The van der Waals surface area contributed by atoms with Crippen molar-refractivity contribution < 1.29 is 9.53 Å². The van der Waals surface area contributed by atoms with Gasteiger partial charge in [0.25, 0.3) is 0 Å². The average molecular weight is 261 g/mol. The molecule has 1 aliphatic rings. The van der Waals surface area contributed by atoms with Gasteiger partial charge in [-0.2, -0.15) is 0 Å². The van der Waals surface area contributed by atoms with Gasteiger partial charge in [-0.3, -0.25) is 4.79 Å². The SMILES string of the molecule is COC(=O)C(C)NC1CCCCC1c1ccccc1. The molecule has 1 aromatic rings. The molecular formula is C16H23NO2. The second kappa shape index (κ2) is 6.71. The third kappa shape index (κ3) is 3.57. The van der Waals surface area contributed by atoms with E-state index in [1.807, 2.05) is 13.0 Å². The fraction of sp³-hybridized carbons (Fsp3) is 0.562. The maximum absolute atomic E-state index is 11.5. The molecule has 1 aliphatic carbocycles. The molecule has 1 N–H and O–H groups in total. The lowest BCUT2D eigenvalue weighted by Crippen LogP contribution is -2.46. The van der Waals surface area contributed by atoms with E-state index in [4.69, 9.17) is 4.74 Å². The van der Waals surface area contributed by atoms with Gasteiger partial charge in [-0.05, 0) is 31.2 Å². The van der Waals surface area contributed by atoms with Crippen LogP contribution in [0.1, 0.15) is 44.1 Å². The van der Waals surface area contributed by atoms with Gasteiger partial charge in [-0.25, -0.2) is 0 Å². The van der Waals surface area contributed by atoms with E-state index in [0.29, 0.717) is 12.0 Å². The van der Waals surface area contributed by atoms with Crippen molar-refractivity contribution in [1.29, 1.82) is 0 Å². The summed E-state index contributed by atoms with van der Waals surface area (Å²) in [6, 6.07) is 10.7. The highest BCUT2D eigenvalue weighted by atomic mass is 16.5. The molecule has 0 amide bonds.